The second kappa shape index (κ2) is 7.52. The fourth-order valence-corrected chi connectivity index (χ4v) is 3.60. The summed E-state index contributed by atoms with van der Waals surface area (Å²) in [5.41, 5.74) is 1.85. The number of imide groups is 1. The van der Waals surface area contributed by atoms with Gasteiger partial charge in [-0.25, -0.2) is 9.69 Å². The van der Waals surface area contributed by atoms with Crippen molar-refractivity contribution in [1.29, 1.82) is 0 Å². The first-order chi connectivity index (χ1) is 11.6. The molecule has 0 aromatic heterocycles. The van der Waals surface area contributed by atoms with E-state index in [0.29, 0.717) is 17.7 Å². The van der Waals surface area contributed by atoms with E-state index in [9.17, 15) is 13.8 Å². The molecule has 0 N–H and O–H groups in total. The van der Waals surface area contributed by atoms with Crippen molar-refractivity contribution < 1.29 is 18.5 Å². The quantitative estimate of drug-likeness (QED) is 0.820. The number of rotatable bonds is 4. The van der Waals surface area contributed by atoms with Gasteiger partial charge in [0.25, 0.3) is 5.91 Å². The highest BCUT2D eigenvalue weighted by Crippen LogP contribution is 2.24. The maximum Gasteiger partial charge on any atom is 0.417 e. The highest BCUT2D eigenvalue weighted by Gasteiger charge is 2.35. The number of hydrogen-bond donors (Lipinski definition) is 0. The van der Waals surface area contributed by atoms with Crippen LogP contribution in [-0.4, -0.2) is 39.0 Å². The van der Waals surface area contributed by atoms with Crippen molar-refractivity contribution in [2.24, 2.45) is 0 Å². The molecule has 1 aromatic rings. The molecule has 0 radical (unpaired) electrons. The van der Waals surface area contributed by atoms with E-state index < -0.39 is 22.5 Å². The van der Waals surface area contributed by atoms with Crippen LogP contribution >= 0.6 is 0 Å². The summed E-state index contributed by atoms with van der Waals surface area (Å²) >= 11 is 0. The average molecular weight is 363 g/mol. The molecule has 0 aliphatic carbocycles. The smallest absolute Gasteiger partial charge is 0.417 e. The lowest BCUT2D eigenvalue weighted by molar-refractivity contribution is -0.124. The number of ether oxygens (including phenoxy) is 1. The Bertz CT molecular complexity index is 729. The first-order valence-corrected chi connectivity index (χ1v) is 9.59. The van der Waals surface area contributed by atoms with Gasteiger partial charge in [-0.3, -0.25) is 9.00 Å². The van der Waals surface area contributed by atoms with Gasteiger partial charge in [-0.1, -0.05) is 17.7 Å². The molecule has 1 aliphatic rings. The van der Waals surface area contributed by atoms with Gasteiger partial charge in [-0.05, 0) is 58.7 Å². The third-order valence-corrected chi connectivity index (χ3v) is 5.22. The maximum atomic E-state index is 12.5. The lowest BCUT2D eigenvalue weighted by Crippen LogP contribution is -2.38. The molecule has 1 aliphatic heterocycles. The van der Waals surface area contributed by atoms with Gasteiger partial charge in [0.05, 0.1) is 17.3 Å². The van der Waals surface area contributed by atoms with Crippen LogP contribution in [0.5, 0.6) is 0 Å². The Balaban J connectivity index is 1.99. The van der Waals surface area contributed by atoms with Gasteiger partial charge < -0.3 is 4.74 Å². The monoisotopic (exact) mass is 363 g/mol. The highest BCUT2D eigenvalue weighted by molar-refractivity contribution is 7.85. The van der Waals surface area contributed by atoms with Crippen molar-refractivity contribution in [3.05, 3.63) is 41.0 Å². The molecular formula is C19H25NO4S. The topological polar surface area (TPSA) is 63.7 Å². The Morgan fingerprint density at radius 1 is 1.20 bits per heavy atom. The summed E-state index contributed by atoms with van der Waals surface area (Å²) in [4.78, 5) is 26.5. The molecule has 1 unspecified atom stereocenters. The summed E-state index contributed by atoms with van der Waals surface area (Å²) in [5.74, 6) is 0.0107. The second-order valence-corrected chi connectivity index (χ2v) is 8.81. The van der Waals surface area contributed by atoms with Gasteiger partial charge in [0.2, 0.25) is 0 Å². The summed E-state index contributed by atoms with van der Waals surface area (Å²) in [7, 11) is -1.18. The van der Waals surface area contributed by atoms with Crippen LogP contribution in [0.25, 0.3) is 0 Å². The first kappa shape index (κ1) is 19.4. The van der Waals surface area contributed by atoms with Crippen molar-refractivity contribution >= 4 is 22.8 Å². The Kier molecular flexibility index (Phi) is 5.83. The minimum atomic E-state index is -1.18. The summed E-state index contributed by atoms with van der Waals surface area (Å²) in [6.45, 7) is 9.32. The van der Waals surface area contributed by atoms with E-state index in [-0.39, 0.29) is 12.5 Å². The van der Waals surface area contributed by atoms with E-state index in [1.807, 2.05) is 38.1 Å². The zero-order valence-electron chi connectivity index (χ0n) is 15.4. The minimum Gasteiger partial charge on any atom is -0.443 e. The van der Waals surface area contributed by atoms with Crippen molar-refractivity contribution in [3.8, 4) is 0 Å². The number of carbonyl (C=O) groups is 2. The molecular weight excluding hydrogens is 338 g/mol. The lowest BCUT2D eigenvalue weighted by Gasteiger charge is -2.23. The largest absolute Gasteiger partial charge is 0.443 e. The highest BCUT2D eigenvalue weighted by atomic mass is 32.2. The molecule has 136 valence electrons. The molecule has 0 bridgehead atoms. The molecule has 0 spiro atoms. The van der Waals surface area contributed by atoms with E-state index in [4.69, 9.17) is 4.74 Å². The third-order valence-electron chi connectivity index (χ3n) is 3.85. The van der Waals surface area contributed by atoms with E-state index in [1.54, 1.807) is 20.8 Å². The van der Waals surface area contributed by atoms with Crippen molar-refractivity contribution in [3.63, 3.8) is 0 Å². The Morgan fingerprint density at radius 2 is 1.80 bits per heavy atom. The number of benzene rings is 1. The molecule has 0 fully saturated rings. The first-order valence-electron chi connectivity index (χ1n) is 8.27. The van der Waals surface area contributed by atoms with Crippen LogP contribution in [0.1, 0.15) is 39.7 Å². The Morgan fingerprint density at radius 3 is 2.36 bits per heavy atom. The predicted octanol–water partition coefficient (Wildman–Crippen LogP) is 3.59. The average Bonchev–Trinajstić information content (AvgIpc) is 2.79. The zero-order valence-corrected chi connectivity index (χ0v) is 16.2. The number of aryl methyl sites for hydroxylation is 1. The maximum absolute atomic E-state index is 12.5. The minimum absolute atomic E-state index is 0.236. The van der Waals surface area contributed by atoms with Crippen LogP contribution in [0.3, 0.4) is 0 Å². The third kappa shape index (κ3) is 5.01. The van der Waals surface area contributed by atoms with E-state index in [2.05, 4.69) is 0 Å². The van der Waals surface area contributed by atoms with Gasteiger partial charge in [0.1, 0.15) is 5.60 Å². The molecule has 2 amide bonds. The standard InChI is InChI=1S/C19H25NO4S/c1-13-6-8-15(9-7-13)25(23)11-10-16-14(2)12-20(17(16)21)18(22)24-19(3,4)5/h6-9H,10-12H2,1-5H3. The number of amides is 2. The fourth-order valence-electron chi connectivity index (χ4n) is 2.54. The molecule has 1 heterocycles. The number of nitrogens with zero attached hydrogens (tertiary/aromatic N) is 1. The molecule has 5 nitrogen and oxygen atoms in total. The summed E-state index contributed by atoms with van der Waals surface area (Å²) in [6, 6.07) is 7.53. The van der Waals surface area contributed by atoms with Crippen LogP contribution in [-0.2, 0) is 20.3 Å². The van der Waals surface area contributed by atoms with Crippen molar-refractivity contribution in [2.75, 3.05) is 12.3 Å². The second-order valence-electron chi connectivity index (χ2n) is 7.24. The fraction of sp³-hybridized carbons (Fsp3) is 0.474. The van der Waals surface area contributed by atoms with Crippen molar-refractivity contribution in [2.45, 2.75) is 51.5 Å². The molecule has 1 atom stereocenters. The van der Waals surface area contributed by atoms with Gasteiger partial charge in [0.15, 0.2) is 0 Å². The molecule has 1 aromatic carbocycles. The number of hydrogen-bond acceptors (Lipinski definition) is 4. The normalized spacial score (nSPS) is 16.4. The van der Waals surface area contributed by atoms with E-state index in [0.717, 1.165) is 20.9 Å². The van der Waals surface area contributed by atoms with Gasteiger partial charge in [-0.15, -0.1) is 0 Å². The zero-order chi connectivity index (χ0) is 18.8. The summed E-state index contributed by atoms with van der Waals surface area (Å²) < 4.78 is 17.7. The summed E-state index contributed by atoms with van der Waals surface area (Å²) in [6.07, 6.45) is -0.253. The van der Waals surface area contributed by atoms with E-state index >= 15 is 0 Å². The number of carbonyl (C=O) groups excluding carboxylic acids is 2. The SMILES string of the molecule is CC1=C(CCS(=O)c2ccc(C)cc2)C(=O)N(C(=O)OC(C)(C)C)C1. The van der Waals surface area contributed by atoms with Crippen LogP contribution in [0.4, 0.5) is 4.79 Å². The van der Waals surface area contributed by atoms with Crippen LogP contribution in [0, 0.1) is 6.92 Å². The lowest BCUT2D eigenvalue weighted by atomic mass is 10.1. The van der Waals surface area contributed by atoms with Crippen molar-refractivity contribution in [1.82, 2.24) is 4.90 Å². The van der Waals surface area contributed by atoms with Gasteiger partial charge in [0, 0.05) is 16.2 Å². The molecule has 2 rings (SSSR count). The van der Waals surface area contributed by atoms with Crippen LogP contribution < -0.4 is 0 Å². The van der Waals surface area contributed by atoms with Gasteiger partial charge >= 0.3 is 6.09 Å². The molecule has 0 saturated heterocycles. The van der Waals surface area contributed by atoms with Crippen LogP contribution in [0.2, 0.25) is 0 Å². The molecule has 6 heteroatoms. The Labute approximate surface area is 151 Å². The molecule has 25 heavy (non-hydrogen) atoms. The van der Waals surface area contributed by atoms with Crippen LogP contribution in [0.15, 0.2) is 40.3 Å². The summed E-state index contributed by atoms with van der Waals surface area (Å²) in [5, 5.41) is 0. The predicted molar refractivity (Wildman–Crippen MR) is 97.7 cm³/mol. The van der Waals surface area contributed by atoms with Gasteiger partial charge in [-0.2, -0.15) is 0 Å². The van der Waals surface area contributed by atoms with E-state index in [1.165, 1.54) is 0 Å². The Hall–Kier alpha value is -1.95. The molecule has 0 saturated carbocycles.